The van der Waals surface area contributed by atoms with Crippen LogP contribution in [0.5, 0.6) is 5.75 Å². The summed E-state index contributed by atoms with van der Waals surface area (Å²) in [4.78, 5) is 12.2. The molecule has 1 aromatic rings. The van der Waals surface area contributed by atoms with E-state index in [1.807, 2.05) is 41.5 Å². The molecule has 0 spiro atoms. The van der Waals surface area contributed by atoms with E-state index in [2.05, 4.69) is 0 Å². The Morgan fingerprint density at radius 2 is 1.37 bits per heavy atom. The predicted molar refractivity (Wildman–Crippen MR) is 76.8 cm³/mol. The number of aromatic hydroxyl groups is 1. The molecule has 3 heteroatoms. The molecule has 1 N–H and O–H groups in total. The number of rotatable bonds is 1. The molecule has 0 radical (unpaired) electrons. The minimum atomic E-state index is -0.352. The van der Waals surface area contributed by atoms with Crippen molar-refractivity contribution in [2.24, 2.45) is 0 Å². The van der Waals surface area contributed by atoms with Crippen LogP contribution in [0, 0.1) is 0 Å². The van der Waals surface area contributed by atoms with Crippen LogP contribution in [0.1, 0.15) is 63.0 Å². The molecule has 0 unspecified atom stereocenters. The molecule has 106 valence electrons. The van der Waals surface area contributed by atoms with Crippen molar-refractivity contribution in [3.05, 3.63) is 28.8 Å². The number of benzene rings is 1. The molecular formula is C16H24O3. The molecule has 0 atom stereocenters. The van der Waals surface area contributed by atoms with Gasteiger partial charge >= 0.3 is 5.97 Å². The molecule has 19 heavy (non-hydrogen) atoms. The van der Waals surface area contributed by atoms with E-state index in [-0.39, 0.29) is 22.5 Å². The van der Waals surface area contributed by atoms with Crippen molar-refractivity contribution in [2.75, 3.05) is 7.11 Å². The standard InChI is InChI=1S/C16H24O3/c1-15(2,3)11-8-10(17)9-12(16(4,5)6)13(11)14(18)19-7/h8-9,17H,1-7H3. The van der Waals surface area contributed by atoms with Gasteiger partial charge in [0.1, 0.15) is 5.75 Å². The smallest absolute Gasteiger partial charge is 0.338 e. The van der Waals surface area contributed by atoms with Crippen molar-refractivity contribution >= 4 is 5.97 Å². The van der Waals surface area contributed by atoms with Crippen LogP contribution in [-0.2, 0) is 15.6 Å². The topological polar surface area (TPSA) is 46.5 Å². The zero-order valence-electron chi connectivity index (χ0n) is 12.9. The van der Waals surface area contributed by atoms with Crippen LogP contribution in [0.2, 0.25) is 0 Å². The monoisotopic (exact) mass is 264 g/mol. The second kappa shape index (κ2) is 4.87. The molecule has 0 aliphatic carbocycles. The Balaban J connectivity index is 3.74. The first kappa shape index (κ1) is 15.5. The highest BCUT2D eigenvalue weighted by atomic mass is 16.5. The minimum absolute atomic E-state index is 0.183. The van der Waals surface area contributed by atoms with Crippen LogP contribution in [0.25, 0.3) is 0 Å². The first-order valence-corrected chi connectivity index (χ1v) is 6.44. The second-order valence-corrected chi connectivity index (χ2v) is 6.91. The van der Waals surface area contributed by atoms with Gasteiger partial charge in [-0.1, -0.05) is 41.5 Å². The lowest BCUT2D eigenvalue weighted by atomic mass is 9.76. The number of esters is 1. The van der Waals surface area contributed by atoms with Crippen LogP contribution in [0.4, 0.5) is 0 Å². The maximum absolute atomic E-state index is 12.2. The number of carbonyl (C=O) groups excluding carboxylic acids is 1. The summed E-state index contributed by atoms with van der Waals surface area (Å²) in [5, 5.41) is 9.95. The first-order chi connectivity index (χ1) is 8.48. The summed E-state index contributed by atoms with van der Waals surface area (Å²) in [5.41, 5.74) is 1.69. The van der Waals surface area contributed by atoms with Gasteiger partial charge in [0, 0.05) is 0 Å². The van der Waals surface area contributed by atoms with Gasteiger partial charge in [0.2, 0.25) is 0 Å². The van der Waals surface area contributed by atoms with E-state index in [1.54, 1.807) is 12.1 Å². The highest BCUT2D eigenvalue weighted by molar-refractivity contribution is 5.94. The number of hydrogen-bond acceptors (Lipinski definition) is 3. The highest BCUT2D eigenvalue weighted by Crippen LogP contribution is 2.37. The van der Waals surface area contributed by atoms with E-state index < -0.39 is 0 Å². The third kappa shape index (κ3) is 3.28. The number of ether oxygens (including phenoxy) is 1. The van der Waals surface area contributed by atoms with Gasteiger partial charge in [-0.15, -0.1) is 0 Å². The van der Waals surface area contributed by atoms with E-state index in [0.717, 1.165) is 11.1 Å². The van der Waals surface area contributed by atoms with Crippen molar-refractivity contribution in [3.8, 4) is 5.75 Å². The van der Waals surface area contributed by atoms with Crippen LogP contribution < -0.4 is 0 Å². The van der Waals surface area contributed by atoms with E-state index in [1.165, 1.54) is 7.11 Å². The SMILES string of the molecule is COC(=O)c1c(C(C)(C)C)cc(O)cc1C(C)(C)C. The average Bonchev–Trinajstić information content (AvgIpc) is 2.24. The minimum Gasteiger partial charge on any atom is -0.508 e. The van der Waals surface area contributed by atoms with Crippen LogP contribution in [0.3, 0.4) is 0 Å². The molecule has 1 rings (SSSR count). The fraction of sp³-hybridized carbons (Fsp3) is 0.562. The Bertz CT molecular complexity index is 453. The third-order valence-corrected chi connectivity index (χ3v) is 3.13. The Morgan fingerprint density at radius 3 is 1.63 bits per heavy atom. The van der Waals surface area contributed by atoms with Crippen molar-refractivity contribution in [3.63, 3.8) is 0 Å². The summed E-state index contributed by atoms with van der Waals surface area (Å²) >= 11 is 0. The van der Waals surface area contributed by atoms with Gasteiger partial charge in [-0.2, -0.15) is 0 Å². The number of phenolic OH excluding ortho intramolecular Hbond substituents is 1. The lowest BCUT2D eigenvalue weighted by Crippen LogP contribution is -2.24. The Morgan fingerprint density at radius 1 is 1.00 bits per heavy atom. The molecule has 0 bridgehead atoms. The van der Waals surface area contributed by atoms with Crippen molar-refractivity contribution in [1.82, 2.24) is 0 Å². The fourth-order valence-electron chi connectivity index (χ4n) is 2.13. The zero-order valence-corrected chi connectivity index (χ0v) is 12.9. The second-order valence-electron chi connectivity index (χ2n) is 6.91. The summed E-state index contributed by atoms with van der Waals surface area (Å²) in [6.45, 7) is 12.1. The van der Waals surface area contributed by atoms with Crippen molar-refractivity contribution in [2.45, 2.75) is 52.4 Å². The van der Waals surface area contributed by atoms with Crippen LogP contribution in [-0.4, -0.2) is 18.2 Å². The molecule has 0 aliphatic rings. The number of methoxy groups -OCH3 is 1. The molecule has 0 aromatic heterocycles. The first-order valence-electron chi connectivity index (χ1n) is 6.44. The molecule has 0 fully saturated rings. The number of phenols is 1. The Labute approximate surface area is 115 Å². The number of carbonyl (C=O) groups is 1. The predicted octanol–water partition coefficient (Wildman–Crippen LogP) is 3.77. The highest BCUT2D eigenvalue weighted by Gasteiger charge is 2.30. The van der Waals surface area contributed by atoms with Gasteiger partial charge in [0.05, 0.1) is 12.7 Å². The summed E-state index contributed by atoms with van der Waals surface area (Å²) in [5.74, 6) is -0.169. The molecule has 0 aliphatic heterocycles. The van der Waals surface area contributed by atoms with E-state index >= 15 is 0 Å². The number of hydrogen-bond donors (Lipinski definition) is 1. The summed E-state index contributed by atoms with van der Waals surface area (Å²) in [7, 11) is 1.38. The van der Waals surface area contributed by atoms with Gasteiger partial charge in [0.15, 0.2) is 0 Å². The van der Waals surface area contributed by atoms with Gasteiger partial charge in [-0.3, -0.25) is 0 Å². The molecule has 1 aromatic carbocycles. The third-order valence-electron chi connectivity index (χ3n) is 3.13. The van der Waals surface area contributed by atoms with Gasteiger partial charge in [0.25, 0.3) is 0 Å². The van der Waals surface area contributed by atoms with Gasteiger partial charge < -0.3 is 9.84 Å². The van der Waals surface area contributed by atoms with E-state index in [0.29, 0.717) is 5.56 Å². The molecule has 3 nitrogen and oxygen atoms in total. The lowest BCUT2D eigenvalue weighted by molar-refractivity contribution is 0.0595. The summed E-state index contributed by atoms with van der Waals surface area (Å²) in [6.07, 6.45) is 0. The largest absolute Gasteiger partial charge is 0.508 e. The summed E-state index contributed by atoms with van der Waals surface area (Å²) < 4.78 is 4.93. The van der Waals surface area contributed by atoms with Crippen molar-refractivity contribution in [1.29, 1.82) is 0 Å². The fourth-order valence-corrected chi connectivity index (χ4v) is 2.13. The van der Waals surface area contributed by atoms with Crippen LogP contribution in [0.15, 0.2) is 12.1 Å². The Kier molecular flexibility index (Phi) is 3.99. The summed E-state index contributed by atoms with van der Waals surface area (Å²) in [6, 6.07) is 3.31. The van der Waals surface area contributed by atoms with Crippen molar-refractivity contribution < 1.29 is 14.6 Å². The molecule has 0 saturated heterocycles. The Hall–Kier alpha value is -1.51. The normalized spacial score (nSPS) is 12.4. The lowest BCUT2D eigenvalue weighted by Gasteiger charge is -2.29. The maximum Gasteiger partial charge on any atom is 0.338 e. The van der Waals surface area contributed by atoms with E-state index in [9.17, 15) is 9.90 Å². The average molecular weight is 264 g/mol. The van der Waals surface area contributed by atoms with Gasteiger partial charge in [-0.25, -0.2) is 4.79 Å². The molecule has 0 amide bonds. The van der Waals surface area contributed by atoms with Crippen LogP contribution >= 0.6 is 0 Å². The quantitative estimate of drug-likeness (QED) is 0.785. The zero-order chi connectivity index (χ0) is 15.0. The molecule has 0 heterocycles. The van der Waals surface area contributed by atoms with Gasteiger partial charge in [-0.05, 0) is 34.1 Å². The van der Waals surface area contributed by atoms with E-state index in [4.69, 9.17) is 4.74 Å². The molecule has 0 saturated carbocycles. The maximum atomic E-state index is 12.2. The molecular weight excluding hydrogens is 240 g/mol.